The highest BCUT2D eigenvalue weighted by Gasteiger charge is 2.44. The van der Waals surface area contributed by atoms with Crippen LogP contribution >= 0.6 is 0 Å². The van der Waals surface area contributed by atoms with Crippen molar-refractivity contribution >= 4 is 22.3 Å². The van der Waals surface area contributed by atoms with Crippen LogP contribution in [-0.4, -0.2) is 32.8 Å². The molecular formula is C30H36O5. The van der Waals surface area contributed by atoms with Gasteiger partial charge >= 0.3 is 0 Å². The largest absolute Gasteiger partial charge is 0.507 e. The Morgan fingerprint density at radius 2 is 1.54 bits per heavy atom. The van der Waals surface area contributed by atoms with E-state index < -0.39 is 5.41 Å². The lowest BCUT2D eigenvalue weighted by Crippen LogP contribution is -2.37. The van der Waals surface area contributed by atoms with E-state index >= 15 is 0 Å². The molecule has 5 heteroatoms. The van der Waals surface area contributed by atoms with E-state index in [-0.39, 0.29) is 40.6 Å². The predicted molar refractivity (Wildman–Crippen MR) is 142 cm³/mol. The van der Waals surface area contributed by atoms with Gasteiger partial charge in [-0.3, -0.25) is 4.79 Å². The Balaban J connectivity index is 2.39. The van der Waals surface area contributed by atoms with Gasteiger partial charge in [0.05, 0.1) is 23.0 Å². The molecule has 0 bridgehead atoms. The average molecular weight is 477 g/mol. The lowest BCUT2D eigenvalue weighted by molar-refractivity contribution is -0.120. The fraction of sp³-hybridized carbons (Fsp3) is 0.367. The van der Waals surface area contributed by atoms with Crippen LogP contribution in [0.3, 0.4) is 0 Å². The summed E-state index contributed by atoms with van der Waals surface area (Å²) in [7, 11) is 0. The van der Waals surface area contributed by atoms with Crippen molar-refractivity contribution in [2.24, 2.45) is 0 Å². The van der Waals surface area contributed by atoms with Crippen molar-refractivity contribution in [1.29, 1.82) is 0 Å². The van der Waals surface area contributed by atoms with Crippen molar-refractivity contribution in [2.75, 3.05) is 6.61 Å². The van der Waals surface area contributed by atoms with Crippen molar-refractivity contribution in [3.8, 4) is 11.5 Å². The summed E-state index contributed by atoms with van der Waals surface area (Å²) >= 11 is 0. The molecule has 0 heterocycles. The van der Waals surface area contributed by atoms with Crippen molar-refractivity contribution in [1.82, 2.24) is 0 Å². The van der Waals surface area contributed by atoms with E-state index in [2.05, 4.69) is 0 Å². The van der Waals surface area contributed by atoms with Crippen LogP contribution in [0.5, 0.6) is 11.5 Å². The second kappa shape index (κ2) is 10.1. The SMILES string of the molecule is CC(C)=CCc1c(C)cc2cc3c(c(O)c2c1O)C(O)=CC(=O)[C@]3(CC=C(C)C)C/C=C(/C)CO. The number of hydrogen-bond acceptors (Lipinski definition) is 5. The molecular weight excluding hydrogens is 440 g/mol. The molecule has 0 radical (unpaired) electrons. The molecule has 0 unspecified atom stereocenters. The summed E-state index contributed by atoms with van der Waals surface area (Å²) in [6.07, 6.45) is 8.18. The van der Waals surface area contributed by atoms with Crippen LogP contribution in [0.2, 0.25) is 0 Å². The molecule has 0 saturated carbocycles. The van der Waals surface area contributed by atoms with Crippen LogP contribution in [-0.2, 0) is 16.6 Å². The number of ketones is 1. The molecule has 0 spiro atoms. The molecule has 2 aromatic carbocycles. The number of allylic oxidation sites excluding steroid dienone is 6. The molecule has 0 aliphatic heterocycles. The first-order valence-corrected chi connectivity index (χ1v) is 11.9. The summed E-state index contributed by atoms with van der Waals surface area (Å²) in [5.41, 5.74) is 4.10. The van der Waals surface area contributed by atoms with Gasteiger partial charge in [-0.25, -0.2) is 0 Å². The first-order valence-electron chi connectivity index (χ1n) is 11.9. The highest BCUT2D eigenvalue weighted by molar-refractivity contribution is 6.11. The van der Waals surface area contributed by atoms with E-state index in [1.165, 1.54) is 6.08 Å². The number of aromatic hydroxyl groups is 2. The summed E-state index contributed by atoms with van der Waals surface area (Å²) in [4.78, 5) is 13.5. The van der Waals surface area contributed by atoms with Gasteiger partial charge in [0, 0.05) is 11.6 Å². The number of aliphatic hydroxyl groups excluding tert-OH is 2. The number of rotatable bonds is 7. The Morgan fingerprint density at radius 3 is 2.14 bits per heavy atom. The molecule has 1 aliphatic rings. The molecule has 1 aliphatic carbocycles. The van der Waals surface area contributed by atoms with Gasteiger partial charge in [-0.1, -0.05) is 41.0 Å². The monoisotopic (exact) mass is 476 g/mol. The fourth-order valence-electron chi connectivity index (χ4n) is 4.67. The van der Waals surface area contributed by atoms with Gasteiger partial charge in [0.15, 0.2) is 5.78 Å². The third-order valence-corrected chi connectivity index (χ3v) is 6.83. The molecule has 2 aromatic rings. The Hall–Kier alpha value is -3.31. The summed E-state index contributed by atoms with van der Waals surface area (Å²) in [5.74, 6) is -0.833. The van der Waals surface area contributed by atoms with E-state index in [0.29, 0.717) is 35.8 Å². The number of carbonyl (C=O) groups excluding carboxylic acids is 1. The number of phenols is 2. The fourth-order valence-corrected chi connectivity index (χ4v) is 4.67. The van der Waals surface area contributed by atoms with Gasteiger partial charge in [-0.15, -0.1) is 0 Å². The van der Waals surface area contributed by atoms with E-state index in [0.717, 1.165) is 22.3 Å². The number of fused-ring (bicyclic) bond motifs is 2. The zero-order valence-electron chi connectivity index (χ0n) is 21.5. The van der Waals surface area contributed by atoms with Crippen LogP contribution < -0.4 is 0 Å². The Bertz CT molecular complexity index is 1300. The maximum Gasteiger partial charge on any atom is 0.170 e. The van der Waals surface area contributed by atoms with E-state index in [1.807, 2.05) is 65.0 Å². The van der Waals surface area contributed by atoms with Crippen LogP contribution in [0.1, 0.15) is 69.7 Å². The Kier molecular flexibility index (Phi) is 7.61. The lowest BCUT2D eigenvalue weighted by atomic mass is 9.66. The predicted octanol–water partition coefficient (Wildman–Crippen LogP) is 6.47. The number of aliphatic hydroxyl groups is 2. The normalized spacial score (nSPS) is 17.7. The number of carbonyl (C=O) groups is 1. The molecule has 35 heavy (non-hydrogen) atoms. The highest BCUT2D eigenvalue weighted by Crippen LogP contribution is 2.50. The molecule has 5 nitrogen and oxygen atoms in total. The van der Waals surface area contributed by atoms with Gasteiger partial charge in [0.1, 0.15) is 17.3 Å². The minimum absolute atomic E-state index is 0.0200. The van der Waals surface area contributed by atoms with E-state index in [4.69, 9.17) is 0 Å². The molecule has 0 amide bonds. The summed E-state index contributed by atoms with van der Waals surface area (Å²) in [6.45, 7) is 11.5. The van der Waals surface area contributed by atoms with Crippen LogP contribution in [0.4, 0.5) is 0 Å². The minimum Gasteiger partial charge on any atom is -0.507 e. The van der Waals surface area contributed by atoms with Crippen LogP contribution in [0, 0.1) is 6.92 Å². The quantitative estimate of drug-likeness (QED) is 0.343. The molecule has 186 valence electrons. The zero-order chi connectivity index (χ0) is 26.1. The van der Waals surface area contributed by atoms with Crippen molar-refractivity contribution < 1.29 is 25.2 Å². The average Bonchev–Trinajstić information content (AvgIpc) is 2.77. The van der Waals surface area contributed by atoms with E-state index in [9.17, 15) is 25.2 Å². The summed E-state index contributed by atoms with van der Waals surface area (Å²) < 4.78 is 0. The first-order chi connectivity index (χ1) is 16.4. The van der Waals surface area contributed by atoms with Gasteiger partial charge in [0.25, 0.3) is 0 Å². The van der Waals surface area contributed by atoms with Crippen LogP contribution in [0.25, 0.3) is 16.5 Å². The molecule has 0 fully saturated rings. The Labute approximate surface area is 207 Å². The number of hydrogen-bond donors (Lipinski definition) is 4. The number of aryl methyl sites for hydroxylation is 1. The van der Waals surface area contributed by atoms with Gasteiger partial charge in [0.2, 0.25) is 0 Å². The molecule has 3 rings (SSSR count). The molecule has 1 atom stereocenters. The second-order valence-electron chi connectivity index (χ2n) is 10.1. The lowest BCUT2D eigenvalue weighted by Gasteiger charge is -2.36. The van der Waals surface area contributed by atoms with Crippen molar-refractivity contribution in [3.63, 3.8) is 0 Å². The third-order valence-electron chi connectivity index (χ3n) is 6.83. The highest BCUT2D eigenvalue weighted by atomic mass is 16.3. The standard InChI is InChI=1S/C30H36O5/c1-17(2)7-8-22-20(6)13-21-14-23-27(29(35)26(21)28(22)34)24(32)15-25(33)30(23,11-9-18(3)4)12-10-19(5)16-31/h7,9-10,13-15,31-32,34-35H,8,11-12,16H2,1-6H3/b19-10-/t30-/m1/s1. The molecule has 0 aromatic heterocycles. The van der Waals surface area contributed by atoms with Crippen LogP contribution in [0.15, 0.2) is 53.2 Å². The second-order valence-corrected chi connectivity index (χ2v) is 10.1. The third kappa shape index (κ3) is 4.92. The van der Waals surface area contributed by atoms with E-state index in [1.54, 1.807) is 6.92 Å². The molecule has 0 saturated heterocycles. The Morgan fingerprint density at radius 1 is 0.914 bits per heavy atom. The van der Waals surface area contributed by atoms with Gasteiger partial charge in [-0.05, 0) is 83.4 Å². The maximum atomic E-state index is 13.5. The topological polar surface area (TPSA) is 98.0 Å². The van der Waals surface area contributed by atoms with Gasteiger partial charge < -0.3 is 20.4 Å². The summed E-state index contributed by atoms with van der Waals surface area (Å²) in [5, 5.41) is 43.8. The van der Waals surface area contributed by atoms with Crippen molar-refractivity contribution in [2.45, 2.75) is 66.2 Å². The number of benzene rings is 2. The smallest absolute Gasteiger partial charge is 0.170 e. The minimum atomic E-state index is -1.06. The molecule has 4 N–H and O–H groups in total. The maximum absolute atomic E-state index is 13.5. The number of phenolic OH excluding ortho intramolecular Hbond substituents is 2. The summed E-state index contributed by atoms with van der Waals surface area (Å²) in [6, 6.07) is 3.72. The van der Waals surface area contributed by atoms with Gasteiger partial charge in [-0.2, -0.15) is 0 Å². The van der Waals surface area contributed by atoms with Crippen molar-refractivity contribution in [3.05, 3.63) is 75.4 Å². The first kappa shape index (κ1) is 26.3. The zero-order valence-corrected chi connectivity index (χ0v) is 21.5.